The number of furan rings is 1. The van der Waals surface area contributed by atoms with E-state index in [9.17, 15) is 14.4 Å². The third-order valence-corrected chi connectivity index (χ3v) is 5.28. The summed E-state index contributed by atoms with van der Waals surface area (Å²) in [5.41, 5.74) is 2.15. The number of hydrogen-bond acceptors (Lipinski definition) is 4. The smallest absolute Gasteiger partial charge is 0.335 e. The molecule has 0 aliphatic carbocycles. The lowest BCUT2D eigenvalue weighted by molar-refractivity contribution is -0.122. The molecular formula is C23H17BrN2O4. The van der Waals surface area contributed by atoms with Crippen molar-refractivity contribution in [3.63, 3.8) is 0 Å². The standard InChI is InChI=1S/C23H17BrN2O4/c1-2-14-3-9-17(10-4-14)26-22(28)19(21(27)25-23(26)29)13-18-11-12-20(30-18)15-5-7-16(24)8-6-15/h3-13H,2H2,1H3,(H,25,27,29)/b19-13+. The molecule has 30 heavy (non-hydrogen) atoms. The van der Waals surface area contributed by atoms with Gasteiger partial charge in [-0.3, -0.25) is 14.9 Å². The summed E-state index contributed by atoms with van der Waals surface area (Å²) in [5.74, 6) is -0.522. The van der Waals surface area contributed by atoms with E-state index in [1.807, 2.05) is 43.3 Å². The fraction of sp³-hybridized carbons (Fsp3) is 0.0870. The second-order valence-electron chi connectivity index (χ2n) is 6.69. The van der Waals surface area contributed by atoms with Gasteiger partial charge in [-0.2, -0.15) is 0 Å². The number of benzene rings is 2. The lowest BCUT2D eigenvalue weighted by atomic mass is 10.1. The van der Waals surface area contributed by atoms with Crippen molar-refractivity contribution < 1.29 is 18.8 Å². The Balaban J connectivity index is 1.65. The van der Waals surface area contributed by atoms with Crippen LogP contribution in [0.4, 0.5) is 10.5 Å². The number of carbonyl (C=O) groups excluding carboxylic acids is 3. The minimum atomic E-state index is -0.776. The maximum absolute atomic E-state index is 12.9. The Kier molecular flexibility index (Phi) is 5.37. The topological polar surface area (TPSA) is 79.6 Å². The average molecular weight is 465 g/mol. The van der Waals surface area contributed by atoms with E-state index in [0.29, 0.717) is 17.2 Å². The highest BCUT2D eigenvalue weighted by Crippen LogP contribution is 2.27. The van der Waals surface area contributed by atoms with Crippen molar-refractivity contribution in [2.24, 2.45) is 0 Å². The van der Waals surface area contributed by atoms with Crippen LogP contribution < -0.4 is 10.2 Å². The van der Waals surface area contributed by atoms with Crippen molar-refractivity contribution in [1.82, 2.24) is 5.32 Å². The number of rotatable bonds is 4. The van der Waals surface area contributed by atoms with E-state index < -0.39 is 17.8 Å². The molecule has 1 fully saturated rings. The van der Waals surface area contributed by atoms with Crippen LogP contribution in [0.1, 0.15) is 18.2 Å². The van der Waals surface area contributed by atoms with Crippen molar-refractivity contribution in [3.05, 3.63) is 82.0 Å². The molecule has 1 aliphatic rings. The molecule has 0 spiro atoms. The maximum atomic E-state index is 12.9. The summed E-state index contributed by atoms with van der Waals surface area (Å²) in [6, 6.07) is 17.3. The van der Waals surface area contributed by atoms with Gasteiger partial charge in [0.15, 0.2) is 0 Å². The predicted molar refractivity (Wildman–Crippen MR) is 117 cm³/mol. The molecule has 1 saturated heterocycles. The Morgan fingerprint density at radius 2 is 1.67 bits per heavy atom. The third kappa shape index (κ3) is 3.84. The first kappa shape index (κ1) is 19.8. The molecule has 7 heteroatoms. The highest BCUT2D eigenvalue weighted by atomic mass is 79.9. The van der Waals surface area contributed by atoms with Gasteiger partial charge in [0, 0.05) is 10.0 Å². The molecule has 4 rings (SSSR count). The minimum absolute atomic E-state index is 0.175. The molecule has 0 unspecified atom stereocenters. The number of anilines is 1. The number of hydrogen-bond donors (Lipinski definition) is 1. The maximum Gasteiger partial charge on any atom is 0.335 e. The first-order chi connectivity index (χ1) is 14.5. The van der Waals surface area contributed by atoms with Crippen molar-refractivity contribution in [2.75, 3.05) is 4.90 Å². The van der Waals surface area contributed by atoms with Gasteiger partial charge < -0.3 is 4.42 Å². The number of halogens is 1. The highest BCUT2D eigenvalue weighted by Gasteiger charge is 2.37. The molecule has 2 heterocycles. The van der Waals surface area contributed by atoms with Crippen LogP contribution in [0.5, 0.6) is 0 Å². The van der Waals surface area contributed by atoms with Gasteiger partial charge in [0.25, 0.3) is 11.8 Å². The number of amides is 4. The molecular weight excluding hydrogens is 448 g/mol. The van der Waals surface area contributed by atoms with E-state index in [2.05, 4.69) is 21.2 Å². The zero-order chi connectivity index (χ0) is 21.3. The van der Waals surface area contributed by atoms with Gasteiger partial charge in [0.2, 0.25) is 0 Å². The zero-order valence-corrected chi connectivity index (χ0v) is 17.6. The van der Waals surface area contributed by atoms with E-state index >= 15 is 0 Å². The summed E-state index contributed by atoms with van der Waals surface area (Å²) >= 11 is 3.39. The van der Waals surface area contributed by atoms with Crippen LogP contribution in [0.3, 0.4) is 0 Å². The third-order valence-electron chi connectivity index (χ3n) is 4.75. The second kappa shape index (κ2) is 8.12. The number of barbiturate groups is 1. The molecule has 0 radical (unpaired) electrons. The van der Waals surface area contributed by atoms with E-state index in [0.717, 1.165) is 26.9 Å². The first-order valence-corrected chi connectivity index (χ1v) is 10.1. The predicted octanol–water partition coefficient (Wildman–Crippen LogP) is 4.94. The number of aryl methyl sites for hydroxylation is 1. The summed E-state index contributed by atoms with van der Waals surface area (Å²) in [4.78, 5) is 38.5. The molecule has 3 aromatic rings. The molecule has 1 aromatic heterocycles. The fourth-order valence-corrected chi connectivity index (χ4v) is 3.38. The summed E-state index contributed by atoms with van der Waals surface area (Å²) in [5, 5.41) is 2.21. The lowest BCUT2D eigenvalue weighted by Gasteiger charge is -2.26. The van der Waals surface area contributed by atoms with Gasteiger partial charge in [0.1, 0.15) is 17.1 Å². The van der Waals surface area contributed by atoms with Crippen molar-refractivity contribution >= 4 is 45.5 Å². The number of urea groups is 1. The van der Waals surface area contributed by atoms with E-state index in [-0.39, 0.29) is 5.57 Å². The van der Waals surface area contributed by atoms with Crippen LogP contribution >= 0.6 is 15.9 Å². The van der Waals surface area contributed by atoms with Crippen molar-refractivity contribution in [3.8, 4) is 11.3 Å². The van der Waals surface area contributed by atoms with Crippen molar-refractivity contribution in [2.45, 2.75) is 13.3 Å². The molecule has 4 amide bonds. The van der Waals surface area contributed by atoms with Crippen LogP contribution in [0, 0.1) is 0 Å². The molecule has 1 aliphatic heterocycles. The average Bonchev–Trinajstić information content (AvgIpc) is 3.21. The highest BCUT2D eigenvalue weighted by molar-refractivity contribution is 9.10. The minimum Gasteiger partial charge on any atom is -0.457 e. The Morgan fingerprint density at radius 1 is 0.967 bits per heavy atom. The van der Waals surface area contributed by atoms with E-state index in [1.165, 1.54) is 6.08 Å². The Bertz CT molecular complexity index is 1160. The molecule has 0 bridgehead atoms. The molecule has 6 nitrogen and oxygen atoms in total. The first-order valence-electron chi connectivity index (χ1n) is 9.32. The summed E-state index contributed by atoms with van der Waals surface area (Å²) in [6.07, 6.45) is 2.18. The van der Waals surface area contributed by atoms with Gasteiger partial charge in [0.05, 0.1) is 5.69 Å². The van der Waals surface area contributed by atoms with Crippen LogP contribution in [-0.2, 0) is 16.0 Å². The summed E-state index contributed by atoms with van der Waals surface area (Å²) < 4.78 is 6.73. The Labute approximate surface area is 181 Å². The molecule has 1 N–H and O–H groups in total. The zero-order valence-electron chi connectivity index (χ0n) is 16.0. The van der Waals surface area contributed by atoms with Crippen LogP contribution in [-0.4, -0.2) is 17.8 Å². The molecule has 150 valence electrons. The number of nitrogens with zero attached hydrogens (tertiary/aromatic N) is 1. The summed E-state index contributed by atoms with van der Waals surface area (Å²) in [7, 11) is 0. The number of carbonyl (C=O) groups is 3. The molecule has 0 atom stereocenters. The van der Waals surface area contributed by atoms with Gasteiger partial charge in [-0.25, -0.2) is 9.69 Å². The van der Waals surface area contributed by atoms with Crippen molar-refractivity contribution in [1.29, 1.82) is 0 Å². The number of imide groups is 2. The fourth-order valence-electron chi connectivity index (χ4n) is 3.11. The lowest BCUT2D eigenvalue weighted by Crippen LogP contribution is -2.54. The Hall–Kier alpha value is -3.45. The van der Waals surface area contributed by atoms with E-state index in [4.69, 9.17) is 4.42 Å². The summed E-state index contributed by atoms with van der Waals surface area (Å²) in [6.45, 7) is 2.01. The quantitative estimate of drug-likeness (QED) is 0.438. The van der Waals surface area contributed by atoms with Crippen LogP contribution in [0.15, 0.2) is 75.1 Å². The monoisotopic (exact) mass is 464 g/mol. The number of nitrogens with one attached hydrogen (secondary N) is 1. The second-order valence-corrected chi connectivity index (χ2v) is 7.60. The van der Waals surface area contributed by atoms with Gasteiger partial charge in [-0.15, -0.1) is 0 Å². The van der Waals surface area contributed by atoms with Gasteiger partial charge in [-0.1, -0.05) is 47.1 Å². The Morgan fingerprint density at radius 3 is 2.33 bits per heavy atom. The van der Waals surface area contributed by atoms with Gasteiger partial charge >= 0.3 is 6.03 Å². The molecule has 0 saturated carbocycles. The normalized spacial score (nSPS) is 15.6. The van der Waals surface area contributed by atoms with Crippen LogP contribution in [0.25, 0.3) is 17.4 Å². The largest absolute Gasteiger partial charge is 0.457 e. The SMILES string of the molecule is CCc1ccc(N2C(=O)NC(=O)/C(=C\c3ccc(-c4ccc(Br)cc4)o3)C2=O)cc1. The van der Waals surface area contributed by atoms with E-state index in [1.54, 1.807) is 24.3 Å². The van der Waals surface area contributed by atoms with Gasteiger partial charge in [-0.05, 0) is 54.5 Å². The molecule has 2 aromatic carbocycles. The van der Waals surface area contributed by atoms with Crippen LogP contribution in [0.2, 0.25) is 0 Å².